The maximum Gasteiger partial charge on any atom is 0.303 e. The number of carbonyl (C=O) groups excluding carboxylic acids is 1. The van der Waals surface area contributed by atoms with E-state index in [1.807, 2.05) is 24.3 Å². The van der Waals surface area contributed by atoms with Crippen LogP contribution in [0, 0.1) is 11.8 Å². The van der Waals surface area contributed by atoms with E-state index in [1.165, 1.54) is 13.3 Å². The summed E-state index contributed by atoms with van der Waals surface area (Å²) in [5.74, 6) is 1.76. The molecule has 3 fully saturated rings. The molecule has 0 amide bonds. The number of nitrogens with zero attached hydrogens (tertiary/aromatic N) is 2. The predicted octanol–water partition coefficient (Wildman–Crippen LogP) is 4.51. The third-order valence-corrected chi connectivity index (χ3v) is 6.52. The molecule has 3 aliphatic heterocycles. The van der Waals surface area contributed by atoms with Crippen molar-refractivity contribution in [1.82, 2.24) is 9.88 Å². The quantitative estimate of drug-likeness (QED) is 0.455. The van der Waals surface area contributed by atoms with E-state index in [4.69, 9.17) is 9.47 Å². The molecule has 2 bridgehead atoms. The summed E-state index contributed by atoms with van der Waals surface area (Å²) in [5.41, 5.74) is 1.90. The van der Waals surface area contributed by atoms with Gasteiger partial charge in [-0.25, -0.2) is 0 Å². The predicted molar refractivity (Wildman–Crippen MR) is 118 cm³/mol. The number of fused-ring (bicyclic) bond motifs is 4. The van der Waals surface area contributed by atoms with E-state index in [2.05, 4.69) is 42.6 Å². The van der Waals surface area contributed by atoms with E-state index in [0.717, 1.165) is 41.7 Å². The van der Waals surface area contributed by atoms with Gasteiger partial charge in [-0.1, -0.05) is 28.7 Å². The van der Waals surface area contributed by atoms with Gasteiger partial charge in [0.2, 0.25) is 0 Å². The second-order valence-corrected chi connectivity index (χ2v) is 8.36. The van der Waals surface area contributed by atoms with Crippen molar-refractivity contribution in [1.29, 1.82) is 0 Å². The first-order chi connectivity index (χ1) is 13.6. The molecule has 0 radical (unpaired) electrons. The van der Waals surface area contributed by atoms with Crippen molar-refractivity contribution in [2.45, 2.75) is 31.9 Å². The van der Waals surface area contributed by atoms with Gasteiger partial charge in [-0.2, -0.15) is 0 Å². The number of benzene rings is 1. The van der Waals surface area contributed by atoms with Gasteiger partial charge in [-0.05, 0) is 59.6 Å². The number of rotatable bonds is 5. The van der Waals surface area contributed by atoms with Crippen LogP contribution in [0.5, 0.6) is 5.75 Å². The molecule has 0 saturated carbocycles. The molecule has 1 aromatic carbocycles. The van der Waals surface area contributed by atoms with Crippen molar-refractivity contribution in [3.8, 4) is 5.75 Å². The van der Waals surface area contributed by atoms with Crippen LogP contribution in [-0.2, 0) is 9.53 Å². The number of ether oxygens (including phenoxy) is 2. The molecule has 2 aromatic rings. The Bertz CT molecular complexity index is 900. The average Bonchev–Trinajstić information content (AvgIpc) is 2.72. The molecule has 28 heavy (non-hydrogen) atoms. The molecule has 4 heterocycles. The van der Waals surface area contributed by atoms with Crippen LogP contribution in [0.15, 0.2) is 40.6 Å². The van der Waals surface area contributed by atoms with Gasteiger partial charge in [0.15, 0.2) is 0 Å². The van der Waals surface area contributed by atoms with Gasteiger partial charge in [-0.3, -0.25) is 14.7 Å². The Morgan fingerprint density at radius 3 is 2.93 bits per heavy atom. The molecular weight excluding hydrogens is 467 g/mol. The Morgan fingerprint density at radius 1 is 1.39 bits per heavy atom. The van der Waals surface area contributed by atoms with Gasteiger partial charge in [0.1, 0.15) is 11.9 Å². The van der Waals surface area contributed by atoms with E-state index in [1.54, 1.807) is 13.3 Å². The lowest BCUT2D eigenvalue weighted by molar-refractivity contribution is -0.154. The third kappa shape index (κ3) is 3.76. The Kier molecular flexibility index (Phi) is 5.87. The summed E-state index contributed by atoms with van der Waals surface area (Å²) in [5, 5.41) is 0.986. The van der Waals surface area contributed by atoms with Gasteiger partial charge in [-0.15, -0.1) is 0 Å². The van der Waals surface area contributed by atoms with Crippen molar-refractivity contribution >= 4 is 39.5 Å². The summed E-state index contributed by atoms with van der Waals surface area (Å²) >= 11 is 2.30. The van der Waals surface area contributed by atoms with Crippen molar-refractivity contribution in [2.24, 2.45) is 11.8 Å². The van der Waals surface area contributed by atoms with E-state index in [0.29, 0.717) is 11.8 Å². The van der Waals surface area contributed by atoms with E-state index >= 15 is 0 Å². The van der Waals surface area contributed by atoms with Crippen LogP contribution < -0.4 is 4.74 Å². The topological polar surface area (TPSA) is 51.7 Å². The zero-order chi connectivity index (χ0) is 19.7. The number of hydrogen-bond donors (Lipinski definition) is 0. The monoisotopic (exact) mass is 492 g/mol. The van der Waals surface area contributed by atoms with Crippen LogP contribution in [0.3, 0.4) is 0 Å². The largest absolute Gasteiger partial charge is 0.497 e. The van der Waals surface area contributed by atoms with Crippen molar-refractivity contribution in [2.75, 3.05) is 20.2 Å². The van der Waals surface area contributed by atoms with Crippen molar-refractivity contribution < 1.29 is 14.3 Å². The van der Waals surface area contributed by atoms with Gasteiger partial charge in [0, 0.05) is 30.6 Å². The molecule has 3 aliphatic rings. The third-order valence-electron chi connectivity index (χ3n) is 6.10. The molecule has 1 aromatic heterocycles. The standard InChI is InChI=1S/C22H25IN2O3/c1-14(26)28-22(21-11-15-7-10-25(21)13-16(15)5-8-23)18-6-9-24-20-4-3-17(27-2)12-19(18)20/h3-6,8-9,12,15-16,21-22H,7,10-11,13H2,1-2H3/b8-5-/t15?,16?,21?,22-/m0/s1. The zero-order valence-electron chi connectivity index (χ0n) is 16.2. The van der Waals surface area contributed by atoms with Crippen LogP contribution in [0.1, 0.15) is 31.4 Å². The maximum atomic E-state index is 12.0. The Labute approximate surface area is 179 Å². The molecule has 4 unspecified atom stereocenters. The molecule has 0 spiro atoms. The number of aromatic nitrogens is 1. The summed E-state index contributed by atoms with van der Waals surface area (Å²) < 4.78 is 13.5. The lowest BCUT2D eigenvalue weighted by Crippen LogP contribution is -2.55. The zero-order valence-corrected chi connectivity index (χ0v) is 18.3. The number of esters is 1. The molecular formula is C22H25IN2O3. The van der Waals surface area contributed by atoms with E-state index in [-0.39, 0.29) is 18.1 Å². The van der Waals surface area contributed by atoms with Crippen LogP contribution in [-0.4, -0.2) is 42.1 Å². The molecule has 0 aliphatic carbocycles. The van der Waals surface area contributed by atoms with Gasteiger partial charge in [0.05, 0.1) is 18.7 Å². The Hall–Kier alpha value is -1.67. The minimum absolute atomic E-state index is 0.193. The number of carbonyl (C=O) groups is 1. The summed E-state index contributed by atoms with van der Waals surface area (Å²) in [6.07, 6.45) is 6.07. The van der Waals surface area contributed by atoms with Crippen LogP contribution in [0.25, 0.3) is 10.9 Å². The number of pyridine rings is 1. The summed E-state index contributed by atoms with van der Waals surface area (Å²) in [6, 6.07) is 8.04. The van der Waals surface area contributed by atoms with Crippen LogP contribution >= 0.6 is 22.6 Å². The van der Waals surface area contributed by atoms with Crippen molar-refractivity contribution in [3.63, 3.8) is 0 Å². The Morgan fingerprint density at radius 2 is 2.25 bits per heavy atom. The fourth-order valence-electron chi connectivity index (χ4n) is 4.79. The molecule has 0 N–H and O–H groups in total. The van der Waals surface area contributed by atoms with Gasteiger partial charge < -0.3 is 9.47 Å². The number of hydrogen-bond acceptors (Lipinski definition) is 5. The van der Waals surface area contributed by atoms with Gasteiger partial charge in [0.25, 0.3) is 0 Å². The minimum Gasteiger partial charge on any atom is -0.497 e. The average molecular weight is 492 g/mol. The lowest BCUT2D eigenvalue weighted by Gasteiger charge is -2.51. The van der Waals surface area contributed by atoms with E-state index < -0.39 is 0 Å². The Balaban J connectivity index is 1.74. The molecule has 5 atom stereocenters. The second-order valence-electron chi connectivity index (χ2n) is 7.64. The SMILES string of the molecule is COc1ccc2nccc([C@H](OC(C)=O)C3CC4CCN3CC4/C=C\I)c2c1. The number of halogens is 1. The first kappa shape index (κ1) is 19.6. The normalized spacial score (nSPS) is 27.8. The minimum atomic E-state index is -0.303. The molecule has 5 rings (SSSR count). The van der Waals surface area contributed by atoms with Gasteiger partial charge >= 0.3 is 5.97 Å². The highest BCUT2D eigenvalue weighted by molar-refractivity contribution is 14.1. The number of piperidine rings is 3. The lowest BCUT2D eigenvalue weighted by atomic mass is 9.73. The van der Waals surface area contributed by atoms with Crippen LogP contribution in [0.2, 0.25) is 0 Å². The van der Waals surface area contributed by atoms with E-state index in [9.17, 15) is 4.79 Å². The number of methoxy groups -OCH3 is 1. The molecule has 148 valence electrons. The fraction of sp³-hybridized carbons (Fsp3) is 0.455. The fourth-order valence-corrected chi connectivity index (χ4v) is 5.32. The molecule has 3 saturated heterocycles. The first-order valence-electron chi connectivity index (χ1n) is 9.71. The smallest absolute Gasteiger partial charge is 0.303 e. The highest BCUT2D eigenvalue weighted by Gasteiger charge is 2.44. The summed E-state index contributed by atoms with van der Waals surface area (Å²) in [7, 11) is 1.66. The highest BCUT2D eigenvalue weighted by Crippen LogP contribution is 2.43. The van der Waals surface area contributed by atoms with Crippen molar-refractivity contribution in [3.05, 3.63) is 46.2 Å². The molecule has 5 nitrogen and oxygen atoms in total. The second kappa shape index (κ2) is 8.37. The maximum absolute atomic E-state index is 12.0. The summed E-state index contributed by atoms with van der Waals surface area (Å²) in [6.45, 7) is 3.58. The molecule has 6 heteroatoms. The first-order valence-corrected chi connectivity index (χ1v) is 11.0. The van der Waals surface area contributed by atoms with Crippen LogP contribution in [0.4, 0.5) is 0 Å². The summed E-state index contributed by atoms with van der Waals surface area (Å²) in [4.78, 5) is 19.0. The highest BCUT2D eigenvalue weighted by atomic mass is 127.